The second kappa shape index (κ2) is 7.76. The average Bonchev–Trinajstić information content (AvgIpc) is 3.22. The monoisotopic (exact) mass is 525 g/mol. The third-order valence-corrected chi connectivity index (χ3v) is 7.43. The molecule has 2 aromatic carbocycles. The summed E-state index contributed by atoms with van der Waals surface area (Å²) in [6.07, 6.45) is 1.37. The van der Waals surface area contributed by atoms with Gasteiger partial charge in [0, 0.05) is 42.7 Å². The van der Waals surface area contributed by atoms with Crippen molar-refractivity contribution in [3.05, 3.63) is 56.6 Å². The highest BCUT2D eigenvalue weighted by Crippen LogP contribution is 2.41. The highest BCUT2D eigenvalue weighted by molar-refractivity contribution is 9.10. The molecule has 0 bridgehead atoms. The first-order valence-electron chi connectivity index (χ1n) is 10.9. The molecule has 0 unspecified atom stereocenters. The molecule has 1 fully saturated rings. The largest absolute Gasteiger partial charge is 0.507 e. The van der Waals surface area contributed by atoms with Crippen molar-refractivity contribution in [1.29, 1.82) is 0 Å². The minimum atomic E-state index is -0.786. The van der Waals surface area contributed by atoms with E-state index >= 15 is 0 Å². The number of amides is 1. The van der Waals surface area contributed by atoms with Crippen molar-refractivity contribution in [3.8, 4) is 5.75 Å². The van der Waals surface area contributed by atoms with Crippen LogP contribution in [-0.2, 0) is 12.5 Å². The zero-order valence-corrected chi connectivity index (χ0v) is 20.3. The molecule has 0 saturated carbocycles. The second-order valence-corrected chi connectivity index (χ2v) is 9.92. The number of aromatic nitrogens is 2. The Hall–Kier alpha value is -3.53. The topological polar surface area (TPSA) is 141 Å². The summed E-state index contributed by atoms with van der Waals surface area (Å²) in [7, 11) is 1.56. The number of carbonyl (C=O) groups excluding carboxylic acids is 1. The number of carbonyl (C=O) groups is 1. The van der Waals surface area contributed by atoms with Gasteiger partial charge >= 0.3 is 0 Å². The molecule has 0 radical (unpaired) electrons. The molecule has 1 aliphatic heterocycles. The number of nitrogens with zero attached hydrogens (tertiary/aromatic N) is 3. The molecule has 1 aliphatic rings. The number of primary amides is 1. The van der Waals surface area contributed by atoms with E-state index in [0.717, 1.165) is 5.52 Å². The number of phenolic OH excluding ortho intramolecular Hbond substituents is 1. The molecule has 4 aromatic rings. The van der Waals surface area contributed by atoms with Crippen LogP contribution in [0.25, 0.3) is 22.0 Å². The molecule has 34 heavy (non-hydrogen) atoms. The van der Waals surface area contributed by atoms with E-state index in [2.05, 4.69) is 27.8 Å². The molecular formula is C24H24BrN5O4. The number of oxazole rings is 1. The number of aromatic hydroxyl groups is 1. The molecule has 1 saturated heterocycles. The maximum Gasteiger partial charge on any atom is 0.265 e. The summed E-state index contributed by atoms with van der Waals surface area (Å²) in [4.78, 5) is 32.2. The van der Waals surface area contributed by atoms with Crippen LogP contribution in [0, 0.1) is 0 Å². The summed E-state index contributed by atoms with van der Waals surface area (Å²) in [6.45, 7) is 3.21. The Balaban J connectivity index is 1.57. The van der Waals surface area contributed by atoms with Gasteiger partial charge in [-0.05, 0) is 53.0 Å². The summed E-state index contributed by atoms with van der Waals surface area (Å²) in [5, 5.41) is 10.8. The average molecular weight is 526 g/mol. The number of aryl methyl sites for hydroxylation is 1. The standard InChI is InChI=1S/C24H24BrN5O4/c1-24(23-28-15-9-12(26)3-4-18(15)34-23)5-7-30(8-6-24)20-13-10-14(25)17(31)11-16(13)29(2)22(33)19(20)21(27)32/h3-4,9-11,31H,5-8,26H2,1-2H3,(H2,27,32). The maximum atomic E-state index is 13.1. The number of rotatable bonds is 3. The third-order valence-electron chi connectivity index (χ3n) is 6.79. The summed E-state index contributed by atoms with van der Waals surface area (Å²) in [5.41, 5.74) is 13.7. The van der Waals surface area contributed by atoms with E-state index < -0.39 is 11.5 Å². The van der Waals surface area contributed by atoms with Gasteiger partial charge in [0.15, 0.2) is 5.58 Å². The van der Waals surface area contributed by atoms with Gasteiger partial charge in [-0.3, -0.25) is 9.59 Å². The van der Waals surface area contributed by atoms with Crippen molar-refractivity contribution in [2.75, 3.05) is 23.7 Å². The van der Waals surface area contributed by atoms with Crippen molar-refractivity contribution >= 4 is 55.2 Å². The van der Waals surface area contributed by atoms with Crippen molar-refractivity contribution < 1.29 is 14.3 Å². The van der Waals surface area contributed by atoms with E-state index in [9.17, 15) is 14.7 Å². The lowest BCUT2D eigenvalue weighted by atomic mass is 9.80. The number of pyridine rings is 1. The zero-order chi connectivity index (χ0) is 24.4. The summed E-state index contributed by atoms with van der Waals surface area (Å²) in [5.74, 6) is -0.140. The van der Waals surface area contributed by atoms with Crippen LogP contribution in [0.2, 0.25) is 0 Å². The van der Waals surface area contributed by atoms with Gasteiger partial charge in [-0.1, -0.05) is 6.92 Å². The predicted molar refractivity (Wildman–Crippen MR) is 134 cm³/mol. The quantitative estimate of drug-likeness (QED) is 0.348. The van der Waals surface area contributed by atoms with Crippen LogP contribution in [0.15, 0.2) is 44.0 Å². The van der Waals surface area contributed by atoms with Crippen molar-refractivity contribution in [2.45, 2.75) is 25.2 Å². The minimum absolute atomic E-state index is 0.00286. The van der Waals surface area contributed by atoms with Gasteiger partial charge in [0.05, 0.1) is 15.7 Å². The molecule has 9 nitrogen and oxygen atoms in total. The fraction of sp³-hybridized carbons (Fsp3) is 0.292. The molecule has 5 rings (SSSR count). The number of phenols is 1. The van der Waals surface area contributed by atoms with E-state index in [1.54, 1.807) is 25.2 Å². The van der Waals surface area contributed by atoms with E-state index in [0.29, 0.717) is 64.2 Å². The van der Waals surface area contributed by atoms with Crippen LogP contribution in [0.3, 0.4) is 0 Å². The van der Waals surface area contributed by atoms with E-state index in [1.165, 1.54) is 10.6 Å². The van der Waals surface area contributed by atoms with E-state index in [-0.39, 0.29) is 16.7 Å². The zero-order valence-electron chi connectivity index (χ0n) is 18.8. The summed E-state index contributed by atoms with van der Waals surface area (Å²) < 4.78 is 7.85. The van der Waals surface area contributed by atoms with E-state index in [4.69, 9.17) is 15.9 Å². The van der Waals surface area contributed by atoms with Crippen LogP contribution >= 0.6 is 15.9 Å². The number of piperidine rings is 1. The Kier molecular flexibility index (Phi) is 5.09. The van der Waals surface area contributed by atoms with Crippen LogP contribution in [0.1, 0.15) is 36.0 Å². The molecule has 0 atom stereocenters. The number of nitrogen functional groups attached to an aromatic ring is 1. The third kappa shape index (κ3) is 3.40. The Bertz CT molecular complexity index is 1530. The second-order valence-electron chi connectivity index (χ2n) is 9.07. The van der Waals surface area contributed by atoms with Crippen LogP contribution in [0.4, 0.5) is 11.4 Å². The van der Waals surface area contributed by atoms with Gasteiger partial charge in [-0.2, -0.15) is 0 Å². The Morgan fingerprint density at radius 3 is 2.62 bits per heavy atom. The van der Waals surface area contributed by atoms with Gasteiger partial charge in [-0.15, -0.1) is 0 Å². The lowest BCUT2D eigenvalue weighted by Crippen LogP contribution is -2.43. The molecule has 176 valence electrons. The SMILES string of the molecule is Cn1c(=O)c(C(N)=O)c(N2CCC(C)(c3nc4cc(N)ccc4o3)CC2)c2cc(Br)c(O)cc21. The minimum Gasteiger partial charge on any atom is -0.507 e. The fourth-order valence-corrected chi connectivity index (χ4v) is 5.07. The Morgan fingerprint density at radius 1 is 1.24 bits per heavy atom. The molecule has 0 spiro atoms. The number of nitrogens with two attached hydrogens (primary N) is 2. The highest BCUT2D eigenvalue weighted by atomic mass is 79.9. The Labute approximate surface area is 203 Å². The number of benzene rings is 2. The van der Waals surface area contributed by atoms with Gasteiger partial charge < -0.3 is 30.5 Å². The molecule has 1 amide bonds. The van der Waals surface area contributed by atoms with Crippen LogP contribution < -0.4 is 21.9 Å². The van der Waals surface area contributed by atoms with Crippen molar-refractivity contribution in [1.82, 2.24) is 9.55 Å². The first-order chi connectivity index (χ1) is 16.1. The first-order valence-corrected chi connectivity index (χ1v) is 11.6. The summed E-state index contributed by atoms with van der Waals surface area (Å²) in [6, 6.07) is 8.61. The van der Waals surface area contributed by atoms with E-state index in [1.807, 2.05) is 11.0 Å². The molecular weight excluding hydrogens is 502 g/mol. The van der Waals surface area contributed by atoms with Gasteiger partial charge in [0.25, 0.3) is 11.5 Å². The van der Waals surface area contributed by atoms with Gasteiger partial charge in [-0.25, -0.2) is 4.98 Å². The number of halogens is 1. The molecule has 2 aromatic heterocycles. The Morgan fingerprint density at radius 2 is 1.94 bits per heavy atom. The number of hydrogen-bond acceptors (Lipinski definition) is 7. The highest BCUT2D eigenvalue weighted by Gasteiger charge is 2.38. The number of anilines is 2. The van der Waals surface area contributed by atoms with Crippen molar-refractivity contribution in [3.63, 3.8) is 0 Å². The summed E-state index contributed by atoms with van der Waals surface area (Å²) >= 11 is 3.35. The normalized spacial score (nSPS) is 15.8. The fourth-order valence-electron chi connectivity index (χ4n) is 4.72. The first kappa shape index (κ1) is 22.3. The lowest BCUT2D eigenvalue weighted by molar-refractivity contribution is 0.0999. The van der Waals surface area contributed by atoms with Crippen molar-refractivity contribution in [2.24, 2.45) is 12.8 Å². The molecule has 10 heteroatoms. The van der Waals surface area contributed by atoms with Crippen LogP contribution in [-0.4, -0.2) is 33.7 Å². The molecule has 3 heterocycles. The molecule has 5 N–H and O–H groups in total. The van der Waals surface area contributed by atoms with Gasteiger partial charge in [0.1, 0.15) is 16.8 Å². The lowest BCUT2D eigenvalue weighted by Gasteiger charge is -2.39. The number of fused-ring (bicyclic) bond motifs is 2. The maximum absolute atomic E-state index is 13.1. The van der Waals surface area contributed by atoms with Crippen LogP contribution in [0.5, 0.6) is 5.75 Å². The smallest absolute Gasteiger partial charge is 0.265 e. The molecule has 0 aliphatic carbocycles. The van der Waals surface area contributed by atoms with Gasteiger partial charge in [0.2, 0.25) is 5.89 Å². The predicted octanol–water partition coefficient (Wildman–Crippen LogP) is 3.39. The number of hydrogen-bond donors (Lipinski definition) is 3.